The number of ketones is 1. The number of aromatic nitrogens is 1. The standard InChI is InChI=1S/C88H123N17O24S/c1-9-11-22-67-82(123)94-59(29-30-74(113)114)79(120)100-66(78(119)92-41-72(89)111)45-130-46-73(112)93-61(33-49-25-27-53(108)28-26-49)84(125)101(6)48(5)76(117)95-63(38-75(115)116)86(127)104-31-17-24-68(104)83(124)99-65(44-107)81(122)96-60(32-47(3)4)87(128)105-42-54(109)37-70(105)71(110)36-50(34-51-39-90-57-20-15-13-18-55(51)57)77(118)98-64(43-106)80(121)97-62(35-52-40-91-58-21-16-14-19-56(52)58)85(126)103(8)69(23-12-10-2)88(129)102(67)7/h13-16,18-21,25-28,39,47-48,50,52,54,59-70,90-91,106-109H,9-12,17,22-24,29-38,40-46H2,1-8H3,(H2,89,111)(H,92,119)(H,93,112)(H,94,123)(H,95,117)(H,96,122)(H,97,121)(H,98,118)(H,99,124)(H,100,120)(H,113,114)(H,115,116)/t48-,50+,52?,54+,59-,60-,61-,62-,63-,64-,65-,66-,67-,68-,69-,70-/m0/s1. The third-order valence-corrected chi connectivity index (χ3v) is 24.9. The minimum absolute atomic E-state index is 0.0295. The SMILES string of the molecule is CCCC[C@H]1C(=O)N(C)[C@@H](CCCC)C(=O)N[C@@H](CCC(=O)O)C(=O)N[C@H](C(=O)NCC(N)=O)CSCC(=O)N[C@@H](Cc2ccc(O)cc2)C(=O)N(C)[C@@H](C)C(=O)N[C@@H](CC(=O)O)C(=O)N2CCC[C@H]2C(=O)N[C@@H](CO)C(=O)N[C@@H](CC(C)C)C(=O)N2C[C@H](O)C[C@H]2C(=O)C[C@@H](Cc2c[nH]c3ccccc23)C(=O)N[C@@H](CO)C(=O)N[C@@H](CC2CNc3ccccc32)C(=O)N1C. The molecule has 16 atom stereocenters. The van der Waals surface area contributed by atoms with Crippen LogP contribution in [0.4, 0.5) is 5.69 Å². The van der Waals surface area contributed by atoms with E-state index in [0.717, 1.165) is 42.8 Å². The van der Waals surface area contributed by atoms with Gasteiger partial charge in [0, 0.05) is 107 Å². The van der Waals surface area contributed by atoms with Crippen LogP contribution in [-0.4, -0.2) is 323 Å². The zero-order valence-corrected chi connectivity index (χ0v) is 75.1. The number of hydrogen-bond acceptors (Lipinski definition) is 24. The van der Waals surface area contributed by atoms with Crippen LogP contribution in [0.15, 0.2) is 79.0 Å². The minimum Gasteiger partial charge on any atom is -0.508 e. The molecule has 3 fully saturated rings. The molecule has 4 aliphatic rings. The van der Waals surface area contributed by atoms with Gasteiger partial charge in [0.2, 0.25) is 88.6 Å². The fourth-order valence-electron chi connectivity index (χ4n) is 16.5. The monoisotopic (exact) mass is 1830 g/mol. The second-order valence-electron chi connectivity index (χ2n) is 33.9. The van der Waals surface area contributed by atoms with Crippen LogP contribution in [0.1, 0.15) is 154 Å². The Morgan fingerprint density at radius 2 is 1.18 bits per heavy atom. The molecule has 42 heteroatoms. The number of thioether (sulfide) groups is 1. The highest BCUT2D eigenvalue weighted by Gasteiger charge is 2.47. The second kappa shape index (κ2) is 48.9. The van der Waals surface area contributed by atoms with Crippen molar-refractivity contribution in [3.05, 3.63) is 95.7 Å². The van der Waals surface area contributed by atoms with Gasteiger partial charge in [-0.2, -0.15) is 0 Å². The number of unbranched alkanes of at least 4 members (excludes halogenated alkanes) is 2. The molecule has 0 bridgehead atoms. The fraction of sp³-hybridized carbons (Fsp3) is 0.568. The molecule has 19 N–H and O–H groups in total. The predicted molar refractivity (Wildman–Crippen MR) is 472 cm³/mol. The highest BCUT2D eigenvalue weighted by atomic mass is 32.2. The lowest BCUT2D eigenvalue weighted by atomic mass is 9.90. The van der Waals surface area contributed by atoms with Crippen LogP contribution in [0.3, 0.4) is 0 Å². The molecule has 3 aromatic carbocycles. The quantitative estimate of drug-likeness (QED) is 0.0370. The number of hydrogen-bond donors (Lipinski definition) is 18. The number of aliphatic carboxylic acids is 2. The van der Waals surface area contributed by atoms with Gasteiger partial charge in [-0.1, -0.05) is 102 Å². The number of nitrogens with two attached hydrogens (primary N) is 1. The van der Waals surface area contributed by atoms with E-state index in [1.54, 1.807) is 63.4 Å². The molecule has 0 radical (unpaired) electrons. The summed E-state index contributed by atoms with van der Waals surface area (Å²) < 4.78 is 0. The summed E-state index contributed by atoms with van der Waals surface area (Å²) >= 11 is 0.695. The van der Waals surface area contributed by atoms with Gasteiger partial charge in [0.1, 0.15) is 78.3 Å². The summed E-state index contributed by atoms with van der Waals surface area (Å²) in [6.07, 6.45) is -2.59. The van der Waals surface area contributed by atoms with Gasteiger partial charge in [-0.15, -0.1) is 11.8 Å². The first-order chi connectivity index (χ1) is 61.8. The first-order valence-electron chi connectivity index (χ1n) is 43.8. The molecule has 710 valence electrons. The van der Waals surface area contributed by atoms with Gasteiger partial charge >= 0.3 is 11.9 Å². The molecule has 0 saturated carbocycles. The van der Waals surface area contributed by atoms with Crippen LogP contribution in [0.5, 0.6) is 5.75 Å². The van der Waals surface area contributed by atoms with Crippen LogP contribution in [0, 0.1) is 11.8 Å². The zero-order valence-electron chi connectivity index (χ0n) is 74.3. The Morgan fingerprint density at radius 1 is 0.592 bits per heavy atom. The first kappa shape index (κ1) is 103. The number of Topliss-reactive ketones (excluding diaryl/α,β-unsaturated/α-hetero) is 1. The Bertz CT molecular complexity index is 4750. The molecule has 41 nitrogen and oxygen atoms in total. The number of fused-ring (bicyclic) bond motifs is 4. The molecular formula is C88H123N17O24S. The van der Waals surface area contributed by atoms with Crippen molar-refractivity contribution in [2.75, 3.05) is 77.4 Å². The summed E-state index contributed by atoms with van der Waals surface area (Å²) in [5.41, 5.74) is 8.39. The molecule has 3 saturated heterocycles. The van der Waals surface area contributed by atoms with E-state index in [-0.39, 0.29) is 89.0 Å². The van der Waals surface area contributed by atoms with Crippen molar-refractivity contribution in [3.63, 3.8) is 0 Å². The van der Waals surface area contributed by atoms with Crippen molar-refractivity contribution < 1.29 is 117 Å². The Balaban J connectivity index is 1.18. The number of phenols is 1. The third kappa shape index (κ3) is 28.3. The van der Waals surface area contributed by atoms with E-state index in [0.29, 0.717) is 53.1 Å². The highest BCUT2D eigenvalue weighted by molar-refractivity contribution is 8.00. The van der Waals surface area contributed by atoms with Gasteiger partial charge in [0.25, 0.3) is 0 Å². The molecule has 1 aromatic heterocycles. The number of carbonyl (C=O) groups is 18. The van der Waals surface area contributed by atoms with Gasteiger partial charge in [-0.25, -0.2) is 0 Å². The van der Waals surface area contributed by atoms with E-state index >= 15 is 33.6 Å². The molecule has 1 unspecified atom stereocenters. The number of phenolic OH excluding ortho intramolecular Hbond substituents is 1. The number of carboxylic acid groups (broad SMARTS) is 2. The van der Waals surface area contributed by atoms with Crippen LogP contribution in [0.25, 0.3) is 10.9 Å². The predicted octanol–water partition coefficient (Wildman–Crippen LogP) is -1.74. The Kier molecular flexibility index (Phi) is 38.8. The lowest BCUT2D eigenvalue weighted by Crippen LogP contribution is -2.60. The molecule has 15 amide bonds. The summed E-state index contributed by atoms with van der Waals surface area (Å²) in [7, 11) is 3.78. The average molecular weight is 1840 g/mol. The minimum atomic E-state index is -1.93. The first-order valence-corrected chi connectivity index (χ1v) is 44.9. The Morgan fingerprint density at radius 3 is 1.83 bits per heavy atom. The van der Waals surface area contributed by atoms with Gasteiger partial charge in [-0.05, 0) is 105 Å². The van der Waals surface area contributed by atoms with E-state index < -0.39 is 266 Å². The molecule has 4 aliphatic heterocycles. The number of nitrogens with one attached hydrogen (secondary N) is 11. The summed E-state index contributed by atoms with van der Waals surface area (Å²) in [6, 6.07) is -1.49. The molecule has 5 heterocycles. The largest absolute Gasteiger partial charge is 0.508 e. The van der Waals surface area contributed by atoms with Crippen molar-refractivity contribution >= 4 is 135 Å². The Labute approximate surface area is 756 Å². The lowest BCUT2D eigenvalue weighted by Gasteiger charge is -2.37. The number of anilines is 1. The number of primary amides is 1. The van der Waals surface area contributed by atoms with Crippen molar-refractivity contribution in [1.82, 2.24) is 77.3 Å². The van der Waals surface area contributed by atoms with Crippen molar-refractivity contribution in [2.24, 2.45) is 17.6 Å². The number of aromatic hydroxyl groups is 1. The van der Waals surface area contributed by atoms with Crippen LogP contribution in [0.2, 0.25) is 0 Å². The number of aliphatic hydroxyl groups is 3. The van der Waals surface area contributed by atoms with E-state index in [1.165, 1.54) is 45.3 Å². The second-order valence-corrected chi connectivity index (χ2v) is 34.9. The number of carbonyl (C=O) groups excluding carboxylic acids is 16. The molecule has 8 rings (SSSR count). The topological polar surface area (TPSA) is 607 Å². The van der Waals surface area contributed by atoms with Crippen molar-refractivity contribution in [1.29, 1.82) is 0 Å². The highest BCUT2D eigenvalue weighted by Crippen LogP contribution is 2.36. The van der Waals surface area contributed by atoms with Crippen LogP contribution in [-0.2, 0) is 99.1 Å². The van der Waals surface area contributed by atoms with Crippen molar-refractivity contribution in [3.8, 4) is 5.75 Å². The number of para-hydroxylation sites is 2. The number of benzene rings is 3. The van der Waals surface area contributed by atoms with E-state index in [4.69, 9.17) is 5.73 Å². The van der Waals surface area contributed by atoms with E-state index in [1.807, 2.05) is 19.1 Å². The number of amides is 15. The molecular weight excluding hydrogens is 1710 g/mol. The number of likely N-dealkylation sites (N-methyl/N-ethyl adjacent to an activating group) is 3. The summed E-state index contributed by atoms with van der Waals surface area (Å²) in [4.78, 5) is 268. The third-order valence-electron chi connectivity index (χ3n) is 23.8. The molecule has 4 aromatic rings. The summed E-state index contributed by atoms with van der Waals surface area (Å²) in [5.74, 6) is -22.4. The lowest BCUT2D eigenvalue weighted by molar-refractivity contribution is -0.149. The molecule has 0 spiro atoms. The van der Waals surface area contributed by atoms with Gasteiger partial charge in [0.15, 0.2) is 5.78 Å². The molecule has 0 aliphatic carbocycles. The number of rotatable bonds is 24. The van der Waals surface area contributed by atoms with Gasteiger partial charge in [-0.3, -0.25) is 86.3 Å². The van der Waals surface area contributed by atoms with E-state index in [9.17, 15) is 83.4 Å². The zero-order chi connectivity index (χ0) is 95.5. The maximum absolute atomic E-state index is 15.7. The number of aliphatic hydroxyl groups excluding tert-OH is 3. The number of aromatic amines is 1. The smallest absolute Gasteiger partial charge is 0.305 e. The normalized spacial score (nSPS) is 26.2. The molecule has 130 heavy (non-hydrogen) atoms. The fourth-order valence-corrected chi connectivity index (χ4v) is 17.4. The average Bonchev–Trinajstić information content (AvgIpc) is 1.59. The summed E-state index contributed by atoms with van der Waals surface area (Å²) in [6.45, 7) is 4.90. The van der Waals surface area contributed by atoms with Crippen molar-refractivity contribution in [2.45, 2.75) is 234 Å². The maximum Gasteiger partial charge on any atom is 0.305 e. The number of H-pyrrole nitrogens is 1. The van der Waals surface area contributed by atoms with Gasteiger partial charge in [0.05, 0.1) is 44.1 Å². The van der Waals surface area contributed by atoms with Gasteiger partial charge < -0.3 is 119 Å². The van der Waals surface area contributed by atoms with Crippen LogP contribution < -0.4 is 58.9 Å². The maximum atomic E-state index is 15.7. The number of carboxylic acids is 2. The Hall–Kier alpha value is -12.3. The van der Waals surface area contributed by atoms with Crippen LogP contribution >= 0.6 is 11.8 Å². The number of nitrogens with zero attached hydrogens (tertiary/aromatic N) is 5. The van der Waals surface area contributed by atoms with E-state index in [2.05, 4.69) is 58.2 Å². The summed E-state index contributed by atoms with van der Waals surface area (Å²) in [5, 5.41) is 90.3.